The van der Waals surface area contributed by atoms with Gasteiger partial charge in [-0.15, -0.1) is 0 Å². The number of phosphoric ester groups is 1. The molecule has 0 aliphatic heterocycles. The number of hydrogen-bond donors (Lipinski definition) is 1. The van der Waals surface area contributed by atoms with E-state index in [1.807, 2.05) is 21.1 Å². The molecule has 0 bridgehead atoms. The summed E-state index contributed by atoms with van der Waals surface area (Å²) in [6.07, 6.45) is 61.0. The minimum Gasteiger partial charge on any atom is -0.462 e. The van der Waals surface area contributed by atoms with Gasteiger partial charge in [-0.25, -0.2) is 4.57 Å². The first-order valence-corrected chi connectivity index (χ1v) is 32.3. The standard InChI is InChI=1S/C60H120NO8P/c1-6-8-10-12-14-16-17-18-19-20-21-22-23-24-25-26-27-28-29-30-31-32-33-34-35-36-37-38-39-40-41-42-43-44-45-47-49-51-53-60(63)69-58(57-68-70(64,65)67-55-54-61(3,4)5)56-66-59(62)52-50-48-46-15-13-11-9-7-2/h58H,6-57H2,1-5H3/p+1. The van der Waals surface area contributed by atoms with Gasteiger partial charge in [-0.3, -0.25) is 18.6 Å². The van der Waals surface area contributed by atoms with Gasteiger partial charge in [-0.1, -0.05) is 296 Å². The SMILES string of the molecule is CCCCCCCCCCCCCCCCCCCCCCCCCCCCCCCCCCCCCCCCC(=O)OC(COC(=O)CCCCCCCCCC)COP(=O)(O)OCC[N+](C)(C)C. The van der Waals surface area contributed by atoms with Crippen molar-refractivity contribution in [3.63, 3.8) is 0 Å². The lowest BCUT2D eigenvalue weighted by Gasteiger charge is -2.24. The molecule has 0 aliphatic carbocycles. The Morgan fingerprint density at radius 2 is 0.643 bits per heavy atom. The first kappa shape index (κ1) is 69.0. The molecule has 0 aromatic carbocycles. The van der Waals surface area contributed by atoms with Crippen molar-refractivity contribution in [2.45, 2.75) is 328 Å². The molecule has 2 unspecified atom stereocenters. The van der Waals surface area contributed by atoms with Gasteiger partial charge in [0.05, 0.1) is 27.7 Å². The number of likely N-dealkylation sites (N-methyl/N-ethyl adjacent to an activating group) is 1. The van der Waals surface area contributed by atoms with Crippen LogP contribution in [-0.2, 0) is 32.7 Å². The summed E-state index contributed by atoms with van der Waals surface area (Å²) in [5, 5.41) is 0. The molecule has 0 saturated carbocycles. The van der Waals surface area contributed by atoms with Crippen molar-refractivity contribution < 1.29 is 42.1 Å². The number of ether oxygens (including phenoxy) is 2. The van der Waals surface area contributed by atoms with Crippen LogP contribution in [0.15, 0.2) is 0 Å². The maximum absolute atomic E-state index is 12.7. The fraction of sp³-hybridized carbons (Fsp3) is 0.967. The van der Waals surface area contributed by atoms with E-state index in [-0.39, 0.29) is 25.6 Å². The zero-order chi connectivity index (χ0) is 51.3. The molecule has 0 spiro atoms. The highest BCUT2D eigenvalue weighted by molar-refractivity contribution is 7.47. The average molecular weight is 1020 g/mol. The lowest BCUT2D eigenvalue weighted by molar-refractivity contribution is -0.870. The molecule has 0 aliphatic rings. The molecule has 0 saturated heterocycles. The molecule has 0 fully saturated rings. The lowest BCUT2D eigenvalue weighted by atomic mass is 10.0. The van der Waals surface area contributed by atoms with E-state index in [4.69, 9.17) is 18.5 Å². The van der Waals surface area contributed by atoms with Crippen molar-refractivity contribution in [1.82, 2.24) is 0 Å². The van der Waals surface area contributed by atoms with E-state index in [1.165, 1.54) is 257 Å². The molecule has 0 amide bonds. The third-order valence-corrected chi connectivity index (χ3v) is 15.1. The van der Waals surface area contributed by atoms with Gasteiger partial charge in [0.15, 0.2) is 6.10 Å². The van der Waals surface area contributed by atoms with E-state index >= 15 is 0 Å². The maximum atomic E-state index is 12.7. The number of unbranched alkanes of at least 4 members (excludes halogenated alkanes) is 44. The minimum atomic E-state index is -4.37. The van der Waals surface area contributed by atoms with Crippen molar-refractivity contribution in [3.8, 4) is 0 Å². The molecule has 10 heteroatoms. The van der Waals surface area contributed by atoms with Gasteiger partial charge in [-0.05, 0) is 12.8 Å². The van der Waals surface area contributed by atoms with Crippen molar-refractivity contribution in [2.75, 3.05) is 47.5 Å². The fourth-order valence-corrected chi connectivity index (χ4v) is 10.1. The van der Waals surface area contributed by atoms with E-state index in [0.29, 0.717) is 17.4 Å². The Balaban J connectivity index is 3.75. The van der Waals surface area contributed by atoms with Gasteiger partial charge in [0.1, 0.15) is 19.8 Å². The number of esters is 2. The zero-order valence-electron chi connectivity index (χ0n) is 47.5. The number of nitrogens with zero attached hydrogens (tertiary/aromatic N) is 1. The molecule has 0 rings (SSSR count). The molecular formula is C60H121NO8P+. The minimum absolute atomic E-state index is 0.0368. The number of carbonyl (C=O) groups is 2. The summed E-state index contributed by atoms with van der Waals surface area (Å²) in [5.74, 6) is -0.784. The third-order valence-electron chi connectivity index (χ3n) is 14.1. The Morgan fingerprint density at radius 1 is 0.386 bits per heavy atom. The topological polar surface area (TPSA) is 108 Å². The van der Waals surface area contributed by atoms with Crippen molar-refractivity contribution in [3.05, 3.63) is 0 Å². The second-order valence-corrected chi connectivity index (χ2v) is 23.9. The van der Waals surface area contributed by atoms with Crippen LogP contribution < -0.4 is 0 Å². The summed E-state index contributed by atoms with van der Waals surface area (Å²) in [5.41, 5.74) is 0. The van der Waals surface area contributed by atoms with Gasteiger partial charge in [0, 0.05) is 12.8 Å². The Morgan fingerprint density at radius 3 is 0.914 bits per heavy atom. The number of rotatable bonds is 58. The van der Waals surface area contributed by atoms with Gasteiger partial charge in [-0.2, -0.15) is 0 Å². The van der Waals surface area contributed by atoms with Gasteiger partial charge in [0.2, 0.25) is 0 Å². The van der Waals surface area contributed by atoms with E-state index in [9.17, 15) is 19.0 Å². The van der Waals surface area contributed by atoms with Crippen LogP contribution in [0.25, 0.3) is 0 Å². The Bertz CT molecular complexity index is 1150. The number of quaternary nitrogens is 1. The summed E-state index contributed by atoms with van der Waals surface area (Å²) >= 11 is 0. The molecule has 2 atom stereocenters. The summed E-state index contributed by atoms with van der Waals surface area (Å²) in [7, 11) is 1.50. The summed E-state index contributed by atoms with van der Waals surface area (Å²) < 4.78 is 34.4. The van der Waals surface area contributed by atoms with E-state index < -0.39 is 26.5 Å². The highest BCUT2D eigenvalue weighted by atomic mass is 31.2. The monoisotopic (exact) mass is 1010 g/mol. The molecule has 0 aromatic heterocycles. The van der Waals surface area contributed by atoms with E-state index in [2.05, 4.69) is 13.8 Å². The molecule has 0 heterocycles. The Labute approximate surface area is 435 Å². The second-order valence-electron chi connectivity index (χ2n) is 22.5. The molecule has 0 aromatic rings. The number of carbonyl (C=O) groups excluding carboxylic acids is 2. The van der Waals surface area contributed by atoms with Gasteiger partial charge >= 0.3 is 19.8 Å². The zero-order valence-corrected chi connectivity index (χ0v) is 48.4. The van der Waals surface area contributed by atoms with Crippen LogP contribution in [0, 0.1) is 0 Å². The van der Waals surface area contributed by atoms with Gasteiger partial charge < -0.3 is 18.9 Å². The molecular weight excluding hydrogens is 894 g/mol. The molecule has 1 N–H and O–H groups in total. The fourth-order valence-electron chi connectivity index (χ4n) is 9.37. The summed E-state index contributed by atoms with van der Waals surface area (Å²) in [6, 6.07) is 0. The van der Waals surface area contributed by atoms with Crippen LogP contribution in [-0.4, -0.2) is 74.9 Å². The number of phosphoric acid groups is 1. The Hall–Kier alpha value is -0.990. The second kappa shape index (κ2) is 52.9. The smallest absolute Gasteiger partial charge is 0.462 e. The predicted molar refractivity (Wildman–Crippen MR) is 298 cm³/mol. The van der Waals surface area contributed by atoms with E-state index in [1.54, 1.807) is 0 Å². The normalized spacial score (nSPS) is 13.2. The first-order valence-electron chi connectivity index (χ1n) is 30.8. The Kier molecular flexibility index (Phi) is 52.1. The van der Waals surface area contributed by atoms with Crippen LogP contribution in [0.5, 0.6) is 0 Å². The highest BCUT2D eigenvalue weighted by Crippen LogP contribution is 2.43. The quantitative estimate of drug-likeness (QED) is 0.0278. The van der Waals surface area contributed by atoms with Crippen LogP contribution >= 0.6 is 7.82 Å². The lowest BCUT2D eigenvalue weighted by Crippen LogP contribution is -2.37. The maximum Gasteiger partial charge on any atom is 0.472 e. The molecule has 418 valence electrons. The van der Waals surface area contributed by atoms with Crippen LogP contribution in [0.4, 0.5) is 0 Å². The van der Waals surface area contributed by atoms with Gasteiger partial charge in [0.25, 0.3) is 0 Å². The average Bonchev–Trinajstić information content (AvgIpc) is 3.32. The highest BCUT2D eigenvalue weighted by Gasteiger charge is 2.27. The molecule has 9 nitrogen and oxygen atoms in total. The van der Waals surface area contributed by atoms with Crippen molar-refractivity contribution >= 4 is 19.8 Å². The predicted octanol–water partition coefficient (Wildman–Crippen LogP) is 19.0. The summed E-state index contributed by atoms with van der Waals surface area (Å²) in [6.45, 7) is 4.45. The molecule has 70 heavy (non-hydrogen) atoms. The van der Waals surface area contributed by atoms with Crippen LogP contribution in [0.1, 0.15) is 322 Å². The van der Waals surface area contributed by atoms with Crippen LogP contribution in [0.2, 0.25) is 0 Å². The third kappa shape index (κ3) is 56.3. The summed E-state index contributed by atoms with van der Waals surface area (Å²) in [4.78, 5) is 35.4. The van der Waals surface area contributed by atoms with Crippen LogP contribution in [0.3, 0.4) is 0 Å². The first-order chi connectivity index (χ1) is 34.0. The van der Waals surface area contributed by atoms with Crippen molar-refractivity contribution in [2.24, 2.45) is 0 Å². The number of hydrogen-bond acceptors (Lipinski definition) is 7. The largest absolute Gasteiger partial charge is 0.472 e. The molecule has 0 radical (unpaired) electrons. The van der Waals surface area contributed by atoms with Crippen molar-refractivity contribution in [1.29, 1.82) is 0 Å². The van der Waals surface area contributed by atoms with E-state index in [0.717, 1.165) is 38.5 Å².